The van der Waals surface area contributed by atoms with Crippen LogP contribution in [0.25, 0.3) is 0 Å². The summed E-state index contributed by atoms with van der Waals surface area (Å²) < 4.78 is 41.5. The van der Waals surface area contributed by atoms with E-state index in [1.165, 1.54) is 41.6 Å². The van der Waals surface area contributed by atoms with Gasteiger partial charge in [0.15, 0.2) is 0 Å². The van der Waals surface area contributed by atoms with E-state index in [1.807, 2.05) is 0 Å². The van der Waals surface area contributed by atoms with Crippen molar-refractivity contribution in [3.8, 4) is 0 Å². The lowest BCUT2D eigenvalue weighted by atomic mass is 9.91. The molecule has 36 heavy (non-hydrogen) atoms. The number of nitrogens with one attached hydrogen (secondary N) is 1. The smallest absolute Gasteiger partial charge is 0.382 e. The average molecular weight is 518 g/mol. The highest BCUT2D eigenvalue weighted by molar-refractivity contribution is 7.99. The van der Waals surface area contributed by atoms with Gasteiger partial charge in [0.1, 0.15) is 0 Å². The van der Waals surface area contributed by atoms with E-state index in [0.29, 0.717) is 23.9 Å². The average Bonchev–Trinajstić information content (AvgIpc) is 2.82. The summed E-state index contributed by atoms with van der Waals surface area (Å²) in [5.74, 6) is 1.33. The summed E-state index contributed by atoms with van der Waals surface area (Å²) >= 11 is 1.49. The van der Waals surface area contributed by atoms with Crippen molar-refractivity contribution in [2.24, 2.45) is 11.8 Å². The van der Waals surface area contributed by atoms with Crippen molar-refractivity contribution < 1.29 is 13.2 Å². The van der Waals surface area contributed by atoms with E-state index in [-0.39, 0.29) is 6.04 Å². The Labute approximate surface area is 217 Å². The SMILES string of the molecule is CCCN1CCC(Nc2cc(C(F)(F)F)cc3c2Cc2cc(N4CC(C)CC(C)C4)ccc2S3)CC1. The highest BCUT2D eigenvalue weighted by Crippen LogP contribution is 2.46. The molecule has 0 radical (unpaired) electrons. The van der Waals surface area contributed by atoms with Gasteiger partial charge in [-0.3, -0.25) is 0 Å². The first-order chi connectivity index (χ1) is 17.2. The number of fused-ring (bicyclic) bond motifs is 2. The van der Waals surface area contributed by atoms with E-state index in [0.717, 1.165) is 67.3 Å². The Morgan fingerprint density at radius 1 is 1.00 bits per heavy atom. The largest absolute Gasteiger partial charge is 0.416 e. The minimum absolute atomic E-state index is 0.208. The standard InChI is InChI=1S/C29H38F3N3S/c1-4-9-34-10-7-23(8-11-34)33-26-15-22(29(30,31)32)16-28-25(26)14-21-13-24(5-6-27(21)36-28)35-17-19(2)12-20(3)18-35/h5-6,13,15-16,19-20,23,33H,4,7-12,14,17-18H2,1-3H3. The predicted molar refractivity (Wildman–Crippen MR) is 143 cm³/mol. The summed E-state index contributed by atoms with van der Waals surface area (Å²) in [6.07, 6.45) is 0.627. The van der Waals surface area contributed by atoms with E-state index in [1.54, 1.807) is 0 Å². The number of hydrogen-bond donors (Lipinski definition) is 1. The Bertz CT molecular complexity index is 1070. The van der Waals surface area contributed by atoms with Gasteiger partial charge in [-0.1, -0.05) is 32.5 Å². The van der Waals surface area contributed by atoms with E-state index < -0.39 is 11.7 Å². The first-order valence-electron chi connectivity index (χ1n) is 13.5. The van der Waals surface area contributed by atoms with Crippen LogP contribution in [0.1, 0.15) is 63.1 Å². The van der Waals surface area contributed by atoms with E-state index in [4.69, 9.17) is 0 Å². The summed E-state index contributed by atoms with van der Waals surface area (Å²) in [5.41, 5.74) is 3.57. The van der Waals surface area contributed by atoms with Crippen LogP contribution in [0.5, 0.6) is 0 Å². The molecule has 0 saturated carbocycles. The molecule has 7 heteroatoms. The highest BCUT2D eigenvalue weighted by atomic mass is 32.2. The molecular formula is C29H38F3N3S. The second-order valence-electron chi connectivity index (χ2n) is 11.2. The third-order valence-electron chi connectivity index (χ3n) is 7.89. The van der Waals surface area contributed by atoms with Gasteiger partial charge < -0.3 is 15.1 Å². The number of piperidine rings is 2. The van der Waals surface area contributed by atoms with Gasteiger partial charge in [-0.05, 0) is 85.5 Å². The van der Waals surface area contributed by atoms with Crippen LogP contribution in [-0.4, -0.2) is 43.7 Å². The lowest BCUT2D eigenvalue weighted by Gasteiger charge is -2.37. The molecule has 3 nitrogen and oxygen atoms in total. The van der Waals surface area contributed by atoms with Crippen LogP contribution in [0, 0.1) is 11.8 Å². The van der Waals surface area contributed by atoms with E-state index in [2.05, 4.69) is 54.1 Å². The summed E-state index contributed by atoms with van der Waals surface area (Å²) in [5, 5.41) is 3.55. The molecule has 196 valence electrons. The molecule has 2 aromatic rings. The van der Waals surface area contributed by atoms with E-state index >= 15 is 0 Å². The molecule has 1 N–H and O–H groups in total. The topological polar surface area (TPSA) is 18.5 Å². The lowest BCUT2D eigenvalue weighted by molar-refractivity contribution is -0.137. The Kier molecular flexibility index (Phi) is 7.51. The number of benzene rings is 2. The zero-order valence-corrected chi connectivity index (χ0v) is 22.4. The Morgan fingerprint density at radius 3 is 2.39 bits per heavy atom. The molecule has 0 aliphatic carbocycles. The van der Waals surface area contributed by atoms with Gasteiger partial charge in [0.2, 0.25) is 0 Å². The Morgan fingerprint density at radius 2 is 1.72 bits per heavy atom. The van der Waals surface area contributed by atoms with Gasteiger partial charge in [-0.2, -0.15) is 13.2 Å². The van der Waals surface area contributed by atoms with Crippen LogP contribution in [0.15, 0.2) is 40.1 Å². The molecule has 0 spiro atoms. The molecular weight excluding hydrogens is 479 g/mol. The normalized spacial score (nSPS) is 23.3. The zero-order valence-electron chi connectivity index (χ0n) is 21.6. The maximum Gasteiger partial charge on any atom is 0.416 e. The molecule has 2 fully saturated rings. The third kappa shape index (κ3) is 5.67. The molecule has 0 amide bonds. The van der Waals surface area contributed by atoms with Crippen LogP contribution in [0.4, 0.5) is 24.5 Å². The molecule has 2 atom stereocenters. The molecule has 0 bridgehead atoms. The lowest BCUT2D eigenvalue weighted by Crippen LogP contribution is -2.39. The number of rotatable bonds is 5. The fraction of sp³-hybridized carbons (Fsp3) is 0.586. The van der Waals surface area contributed by atoms with Crippen LogP contribution in [0.2, 0.25) is 0 Å². The molecule has 5 rings (SSSR count). The summed E-state index contributed by atoms with van der Waals surface area (Å²) in [4.78, 5) is 6.74. The van der Waals surface area contributed by atoms with Crippen molar-refractivity contribution in [3.63, 3.8) is 0 Å². The molecule has 2 saturated heterocycles. The van der Waals surface area contributed by atoms with Gasteiger partial charge in [-0.15, -0.1) is 0 Å². The number of alkyl halides is 3. The summed E-state index contributed by atoms with van der Waals surface area (Å²) in [6, 6.07) is 9.44. The van der Waals surface area contributed by atoms with Gasteiger partial charge in [0, 0.05) is 59.8 Å². The first-order valence-corrected chi connectivity index (χ1v) is 14.3. The minimum atomic E-state index is -4.36. The van der Waals surface area contributed by atoms with Crippen LogP contribution >= 0.6 is 11.8 Å². The highest BCUT2D eigenvalue weighted by Gasteiger charge is 2.34. The number of hydrogen-bond acceptors (Lipinski definition) is 4. The molecule has 0 aromatic heterocycles. The maximum atomic E-state index is 13.8. The zero-order chi connectivity index (χ0) is 25.4. The van der Waals surface area contributed by atoms with Crippen LogP contribution in [0.3, 0.4) is 0 Å². The van der Waals surface area contributed by atoms with Gasteiger partial charge in [-0.25, -0.2) is 0 Å². The van der Waals surface area contributed by atoms with Crippen molar-refractivity contribution in [2.75, 3.05) is 42.9 Å². The van der Waals surface area contributed by atoms with Crippen molar-refractivity contribution in [1.29, 1.82) is 0 Å². The monoisotopic (exact) mass is 517 g/mol. The fourth-order valence-corrected chi connectivity index (χ4v) is 7.36. The molecule has 3 aliphatic rings. The van der Waals surface area contributed by atoms with Crippen molar-refractivity contribution >= 4 is 23.1 Å². The fourth-order valence-electron chi connectivity index (χ4n) is 6.23. The molecule has 3 aliphatic heterocycles. The van der Waals surface area contributed by atoms with Crippen molar-refractivity contribution in [1.82, 2.24) is 4.90 Å². The Balaban J connectivity index is 1.41. The van der Waals surface area contributed by atoms with Gasteiger partial charge in [0.25, 0.3) is 0 Å². The number of halogens is 3. The third-order valence-corrected chi connectivity index (χ3v) is 9.09. The number of nitrogens with zero attached hydrogens (tertiary/aromatic N) is 2. The van der Waals surface area contributed by atoms with Crippen molar-refractivity contribution in [3.05, 3.63) is 47.0 Å². The summed E-state index contributed by atoms with van der Waals surface area (Å²) in [6.45, 7) is 12.0. The van der Waals surface area contributed by atoms with Crippen LogP contribution < -0.4 is 10.2 Å². The molecule has 2 aromatic carbocycles. The second kappa shape index (κ2) is 10.5. The number of anilines is 2. The maximum absolute atomic E-state index is 13.8. The summed E-state index contributed by atoms with van der Waals surface area (Å²) in [7, 11) is 0. The van der Waals surface area contributed by atoms with Gasteiger partial charge in [0.05, 0.1) is 5.56 Å². The first kappa shape index (κ1) is 25.8. The van der Waals surface area contributed by atoms with Gasteiger partial charge >= 0.3 is 6.18 Å². The second-order valence-corrected chi connectivity index (χ2v) is 12.3. The molecule has 3 heterocycles. The van der Waals surface area contributed by atoms with Crippen molar-refractivity contribution in [2.45, 2.75) is 74.9 Å². The molecule has 2 unspecified atom stereocenters. The van der Waals surface area contributed by atoms with Crippen LogP contribution in [-0.2, 0) is 12.6 Å². The minimum Gasteiger partial charge on any atom is -0.382 e. The van der Waals surface area contributed by atoms with E-state index in [9.17, 15) is 13.2 Å². The number of likely N-dealkylation sites (tertiary alicyclic amines) is 1. The quantitative estimate of drug-likeness (QED) is 0.377. The Hall–Kier alpha value is -1.86. The predicted octanol–water partition coefficient (Wildman–Crippen LogP) is 7.53.